The van der Waals surface area contributed by atoms with E-state index in [9.17, 15) is 14.4 Å². The van der Waals surface area contributed by atoms with E-state index in [1.165, 1.54) is 19.9 Å². The molecule has 180 valence electrons. The quantitative estimate of drug-likeness (QED) is 0.140. The fraction of sp³-hybridized carbons (Fsp3) is 0.261. The number of amides is 1. The number of hydrogen-bond acceptors (Lipinski definition) is 10. The standard InChI is InChI=1S/C23H25N3O8/c1-15(2)21(27)32-13-20(14-33-22(28)16(3)4)34-23(29)26-12-17-9-18(30-7-5-24)11-19(10-17)31-8-6-25/h9-11,20H,1,3,12-14,24-25H2,2,4H3,(H,26,29). The minimum atomic E-state index is -1.08. The first-order chi connectivity index (χ1) is 16.2. The zero-order valence-corrected chi connectivity index (χ0v) is 18.8. The summed E-state index contributed by atoms with van der Waals surface area (Å²) in [4.78, 5) is 35.6. The van der Waals surface area contributed by atoms with Crippen molar-refractivity contribution in [1.82, 2.24) is 5.32 Å². The Morgan fingerprint density at radius 3 is 1.79 bits per heavy atom. The summed E-state index contributed by atoms with van der Waals surface area (Å²) in [6.07, 6.45) is 2.51. The third kappa shape index (κ3) is 10.5. The van der Waals surface area contributed by atoms with Crippen molar-refractivity contribution in [2.75, 3.05) is 13.2 Å². The van der Waals surface area contributed by atoms with Crippen molar-refractivity contribution in [2.24, 2.45) is 11.5 Å². The van der Waals surface area contributed by atoms with Crippen LogP contribution in [0.25, 0.3) is 0 Å². The number of esters is 2. The van der Waals surface area contributed by atoms with Crippen molar-refractivity contribution >= 4 is 18.0 Å². The van der Waals surface area contributed by atoms with Gasteiger partial charge in [-0.25, -0.2) is 14.4 Å². The molecule has 0 fully saturated rings. The molecule has 0 spiro atoms. The second-order valence-corrected chi connectivity index (χ2v) is 6.65. The van der Waals surface area contributed by atoms with Gasteiger partial charge in [0.15, 0.2) is 6.10 Å². The Balaban J connectivity index is 2.83. The van der Waals surface area contributed by atoms with Crippen LogP contribution in [0, 0.1) is 24.3 Å². The number of hydrogen-bond donors (Lipinski definition) is 3. The van der Waals surface area contributed by atoms with Gasteiger partial charge in [-0.05, 0) is 31.5 Å². The summed E-state index contributed by atoms with van der Waals surface area (Å²) in [5.74, 6) is -0.831. The number of nitrogens with two attached hydrogens (primary N) is 2. The lowest BCUT2D eigenvalue weighted by atomic mass is 10.2. The molecule has 1 amide bonds. The lowest BCUT2D eigenvalue weighted by molar-refractivity contribution is -0.147. The minimum Gasteiger partial charge on any atom is -0.458 e. The molecule has 1 rings (SSSR count). The minimum absolute atomic E-state index is 0.0255. The molecule has 0 unspecified atom stereocenters. The molecule has 5 N–H and O–H groups in total. The predicted molar refractivity (Wildman–Crippen MR) is 120 cm³/mol. The Morgan fingerprint density at radius 1 is 0.912 bits per heavy atom. The molecule has 0 aliphatic carbocycles. The van der Waals surface area contributed by atoms with E-state index in [4.69, 9.17) is 35.2 Å². The van der Waals surface area contributed by atoms with Crippen LogP contribution in [0.1, 0.15) is 19.4 Å². The molecule has 0 aromatic heterocycles. The van der Waals surface area contributed by atoms with E-state index in [1.54, 1.807) is 12.1 Å². The fourth-order valence-corrected chi connectivity index (χ4v) is 2.09. The summed E-state index contributed by atoms with van der Waals surface area (Å²) in [6.45, 7) is 9.09. The van der Waals surface area contributed by atoms with Gasteiger partial charge < -0.3 is 40.5 Å². The van der Waals surface area contributed by atoms with Crippen LogP contribution in [-0.4, -0.2) is 37.3 Å². The largest absolute Gasteiger partial charge is 0.458 e. The Bertz CT molecular complexity index is 989. The van der Waals surface area contributed by atoms with Crippen LogP contribution in [0.15, 0.2) is 42.5 Å². The molecular weight excluding hydrogens is 446 g/mol. The maximum atomic E-state index is 12.3. The van der Waals surface area contributed by atoms with Gasteiger partial charge in [-0.2, -0.15) is 0 Å². The lowest BCUT2D eigenvalue weighted by Gasteiger charge is -2.18. The van der Waals surface area contributed by atoms with Crippen LogP contribution in [0.2, 0.25) is 0 Å². The Labute approximate surface area is 197 Å². The molecular formula is C23H25N3O8. The van der Waals surface area contributed by atoms with E-state index in [2.05, 4.69) is 42.8 Å². The van der Waals surface area contributed by atoms with Gasteiger partial charge in [0.05, 0.1) is 0 Å². The van der Waals surface area contributed by atoms with E-state index in [0.717, 1.165) is 0 Å². The summed E-state index contributed by atoms with van der Waals surface area (Å²) in [5.41, 5.74) is 11.0. The van der Waals surface area contributed by atoms with Crippen LogP contribution in [-0.2, 0) is 30.3 Å². The first-order valence-electron chi connectivity index (χ1n) is 9.64. The van der Waals surface area contributed by atoms with Crippen LogP contribution in [0.5, 0.6) is 11.5 Å². The highest BCUT2D eigenvalue weighted by Crippen LogP contribution is 2.23. The van der Waals surface area contributed by atoms with Gasteiger partial charge >= 0.3 is 18.0 Å². The average Bonchev–Trinajstić information content (AvgIpc) is 2.80. The highest BCUT2D eigenvalue weighted by atomic mass is 16.6. The molecule has 0 aliphatic rings. The van der Waals surface area contributed by atoms with E-state index in [1.807, 2.05) is 0 Å². The Hall–Kier alpha value is -4.77. The smallest absolute Gasteiger partial charge is 0.407 e. The van der Waals surface area contributed by atoms with Crippen molar-refractivity contribution in [2.45, 2.75) is 26.5 Å². The van der Waals surface area contributed by atoms with Crippen LogP contribution >= 0.6 is 0 Å². The molecule has 0 heterocycles. The van der Waals surface area contributed by atoms with Gasteiger partial charge in [0.1, 0.15) is 36.9 Å². The molecule has 0 atom stereocenters. The Kier molecular flexibility index (Phi) is 11.5. The lowest BCUT2D eigenvalue weighted by Crippen LogP contribution is -2.35. The average molecular weight is 471 g/mol. The molecule has 0 radical (unpaired) electrons. The van der Waals surface area contributed by atoms with Gasteiger partial charge in [0.2, 0.25) is 0 Å². The third-order valence-corrected chi connectivity index (χ3v) is 3.60. The van der Waals surface area contributed by atoms with Gasteiger partial charge in [-0.15, -0.1) is 0 Å². The zero-order chi connectivity index (χ0) is 25.5. The van der Waals surface area contributed by atoms with Crippen molar-refractivity contribution in [3.63, 3.8) is 0 Å². The van der Waals surface area contributed by atoms with Crippen molar-refractivity contribution in [3.05, 3.63) is 48.1 Å². The highest BCUT2D eigenvalue weighted by Gasteiger charge is 2.20. The first-order valence-corrected chi connectivity index (χ1v) is 9.64. The molecule has 1 aromatic carbocycles. The summed E-state index contributed by atoms with van der Waals surface area (Å²) < 4.78 is 25.5. The van der Waals surface area contributed by atoms with E-state index >= 15 is 0 Å². The van der Waals surface area contributed by atoms with Gasteiger partial charge in [0.25, 0.3) is 0 Å². The highest BCUT2D eigenvalue weighted by molar-refractivity contribution is 5.87. The van der Waals surface area contributed by atoms with E-state index in [0.29, 0.717) is 5.56 Å². The fourth-order valence-electron chi connectivity index (χ4n) is 2.09. The molecule has 0 saturated carbocycles. The van der Waals surface area contributed by atoms with Crippen LogP contribution in [0.3, 0.4) is 0 Å². The van der Waals surface area contributed by atoms with Crippen molar-refractivity contribution < 1.29 is 38.1 Å². The summed E-state index contributed by atoms with van der Waals surface area (Å²) in [6, 6.07) is 8.79. The van der Waals surface area contributed by atoms with E-state index < -0.39 is 24.1 Å². The van der Waals surface area contributed by atoms with Crippen LogP contribution in [0.4, 0.5) is 4.79 Å². The normalized spacial score (nSPS) is 9.26. The summed E-state index contributed by atoms with van der Waals surface area (Å²) in [7, 11) is 0. The number of rotatable bonds is 11. The molecule has 11 nitrogen and oxygen atoms in total. The number of benzene rings is 1. The van der Waals surface area contributed by atoms with Crippen molar-refractivity contribution in [1.29, 1.82) is 0 Å². The van der Waals surface area contributed by atoms with Gasteiger partial charge in [0, 0.05) is 35.8 Å². The number of ether oxygens (including phenoxy) is 5. The summed E-state index contributed by atoms with van der Waals surface area (Å²) >= 11 is 0. The SMILES string of the molecule is C=C(C)C(=O)OCC(COC(=O)C(=C)C)OC(=O)NCc1cc(OC#CN)cc(OC#CN)c1. The van der Waals surface area contributed by atoms with E-state index in [-0.39, 0.29) is 42.4 Å². The second kappa shape index (κ2) is 14.3. The molecule has 34 heavy (non-hydrogen) atoms. The van der Waals surface area contributed by atoms with Gasteiger partial charge in [-0.1, -0.05) is 13.2 Å². The second-order valence-electron chi connectivity index (χ2n) is 6.65. The molecule has 1 aromatic rings. The molecule has 0 aliphatic heterocycles. The molecule has 0 bridgehead atoms. The zero-order valence-electron chi connectivity index (χ0n) is 18.8. The maximum absolute atomic E-state index is 12.3. The number of nitrogens with one attached hydrogen (secondary N) is 1. The molecule has 11 heteroatoms. The van der Waals surface area contributed by atoms with Gasteiger partial charge in [-0.3, -0.25) is 0 Å². The maximum Gasteiger partial charge on any atom is 0.407 e. The predicted octanol–water partition coefficient (Wildman–Crippen LogP) is 1.03. The Morgan fingerprint density at radius 2 is 1.38 bits per heavy atom. The van der Waals surface area contributed by atoms with Crippen molar-refractivity contribution in [3.8, 4) is 35.8 Å². The topological polar surface area (TPSA) is 161 Å². The number of alkyl carbamates (subject to hydrolysis) is 1. The van der Waals surface area contributed by atoms with Crippen LogP contribution < -0.4 is 26.3 Å². The summed E-state index contributed by atoms with van der Waals surface area (Å²) in [5, 5.41) is 2.51. The monoisotopic (exact) mass is 471 g/mol. The molecule has 0 saturated heterocycles. The number of carbonyl (C=O) groups is 3. The third-order valence-electron chi connectivity index (χ3n) is 3.60. The first kappa shape index (κ1) is 27.3. The number of carbonyl (C=O) groups excluding carboxylic acids is 3.